The largest absolute Gasteiger partial charge is 0.497 e. The van der Waals surface area contributed by atoms with Gasteiger partial charge in [0.1, 0.15) is 16.9 Å². The Morgan fingerprint density at radius 3 is 2.11 bits per heavy atom. The van der Waals surface area contributed by atoms with Crippen molar-refractivity contribution >= 4 is 10.9 Å². The van der Waals surface area contributed by atoms with E-state index in [2.05, 4.69) is 107 Å². The highest BCUT2D eigenvalue weighted by Crippen LogP contribution is 2.52. The summed E-state index contributed by atoms with van der Waals surface area (Å²) in [6, 6.07) is 40.0. The molecule has 0 saturated heterocycles. The van der Waals surface area contributed by atoms with Crippen molar-refractivity contribution in [2.75, 3.05) is 14.2 Å². The Balaban J connectivity index is 1.83. The maximum atomic E-state index is 6.05. The number of ether oxygens (including phenoxy) is 2. The van der Waals surface area contributed by atoms with Crippen molar-refractivity contribution in [1.29, 1.82) is 0 Å². The zero-order chi connectivity index (χ0) is 25.2. The summed E-state index contributed by atoms with van der Waals surface area (Å²) in [5, 5.41) is 1.17. The molecule has 0 saturated carbocycles. The minimum Gasteiger partial charge on any atom is -0.497 e. The molecule has 1 atom stereocenters. The van der Waals surface area contributed by atoms with Gasteiger partial charge in [-0.05, 0) is 41.5 Å². The number of aromatic nitrogens is 2. The maximum Gasteiger partial charge on any atom is 0.127 e. The number of nitrogens with one attached hydrogen (secondary N) is 2. The van der Waals surface area contributed by atoms with Gasteiger partial charge in [0, 0.05) is 45.7 Å². The van der Waals surface area contributed by atoms with E-state index >= 15 is 0 Å². The molecule has 0 aliphatic heterocycles. The molecule has 0 bridgehead atoms. The van der Waals surface area contributed by atoms with Crippen LogP contribution in [-0.2, 0) is 5.41 Å². The van der Waals surface area contributed by atoms with E-state index in [9.17, 15) is 0 Å². The van der Waals surface area contributed by atoms with Crippen LogP contribution >= 0.6 is 0 Å². The molecule has 0 aliphatic rings. The predicted octanol–water partition coefficient (Wildman–Crippen LogP) is 7.56. The Kier molecular flexibility index (Phi) is 5.78. The Morgan fingerprint density at radius 1 is 0.676 bits per heavy atom. The topological polar surface area (TPSA) is 50.0 Å². The molecule has 0 spiro atoms. The summed E-state index contributed by atoms with van der Waals surface area (Å²) in [6.45, 7) is 0. The summed E-state index contributed by atoms with van der Waals surface area (Å²) in [7, 11) is 3.39. The van der Waals surface area contributed by atoms with Crippen LogP contribution in [0.2, 0.25) is 0 Å². The molecule has 0 amide bonds. The number of H-pyrrole nitrogens is 2. The standard InChI is InChI=1S/C33H28N2O2/c1-36-25-19-20-27(29(22-25)37-2)33(30-18-11-21-34-30,24-14-7-4-8-15-24)32-31(23-12-5-3-6-13-23)26-16-9-10-17-28(26)35-32/h3-22,34-35H,1-2H3. The normalized spacial score (nSPS) is 12.8. The monoisotopic (exact) mass is 484 g/mol. The Hall–Kier alpha value is -4.70. The number of rotatable bonds is 7. The van der Waals surface area contributed by atoms with Crippen molar-refractivity contribution in [3.8, 4) is 22.6 Å². The average Bonchev–Trinajstić information content (AvgIpc) is 3.64. The lowest BCUT2D eigenvalue weighted by Gasteiger charge is -2.36. The van der Waals surface area contributed by atoms with Crippen molar-refractivity contribution in [2.45, 2.75) is 5.41 Å². The summed E-state index contributed by atoms with van der Waals surface area (Å²) in [4.78, 5) is 7.43. The first-order valence-electron chi connectivity index (χ1n) is 12.4. The van der Waals surface area contributed by atoms with Gasteiger partial charge in [0.05, 0.1) is 14.2 Å². The molecular formula is C33H28N2O2. The number of hydrogen-bond acceptors (Lipinski definition) is 2. The minimum atomic E-state index is -0.743. The lowest BCUT2D eigenvalue weighted by molar-refractivity contribution is 0.387. The quantitative estimate of drug-likeness (QED) is 0.246. The fourth-order valence-electron chi connectivity index (χ4n) is 5.56. The number of methoxy groups -OCH3 is 2. The van der Waals surface area contributed by atoms with E-state index in [0.717, 1.165) is 50.7 Å². The number of fused-ring (bicyclic) bond motifs is 1. The molecule has 0 radical (unpaired) electrons. The van der Waals surface area contributed by atoms with Gasteiger partial charge in [-0.15, -0.1) is 0 Å². The summed E-state index contributed by atoms with van der Waals surface area (Å²) in [6.07, 6.45) is 1.98. The van der Waals surface area contributed by atoms with Gasteiger partial charge < -0.3 is 19.4 Å². The van der Waals surface area contributed by atoms with Crippen molar-refractivity contribution in [2.24, 2.45) is 0 Å². The van der Waals surface area contributed by atoms with Gasteiger partial charge in [0.15, 0.2) is 0 Å². The van der Waals surface area contributed by atoms with E-state index in [1.807, 2.05) is 24.4 Å². The molecule has 2 heterocycles. The van der Waals surface area contributed by atoms with Crippen molar-refractivity contribution in [3.63, 3.8) is 0 Å². The van der Waals surface area contributed by atoms with E-state index in [4.69, 9.17) is 9.47 Å². The Bertz CT molecular complexity index is 1640. The molecule has 1 unspecified atom stereocenters. The Labute approximate surface area is 216 Å². The smallest absolute Gasteiger partial charge is 0.127 e. The third-order valence-electron chi connectivity index (χ3n) is 7.16. The van der Waals surface area contributed by atoms with E-state index in [1.54, 1.807) is 14.2 Å². The molecule has 4 heteroatoms. The van der Waals surface area contributed by atoms with E-state index in [-0.39, 0.29) is 0 Å². The van der Waals surface area contributed by atoms with Crippen LogP contribution in [0.15, 0.2) is 121 Å². The van der Waals surface area contributed by atoms with Gasteiger partial charge in [-0.25, -0.2) is 0 Å². The Morgan fingerprint density at radius 2 is 1.41 bits per heavy atom. The predicted molar refractivity (Wildman–Crippen MR) is 149 cm³/mol. The highest BCUT2D eigenvalue weighted by atomic mass is 16.5. The second-order valence-corrected chi connectivity index (χ2v) is 9.05. The van der Waals surface area contributed by atoms with Crippen LogP contribution in [0.1, 0.15) is 22.5 Å². The van der Waals surface area contributed by atoms with Gasteiger partial charge in [0.2, 0.25) is 0 Å². The molecule has 0 fully saturated rings. The first-order chi connectivity index (χ1) is 18.3. The number of benzene rings is 4. The van der Waals surface area contributed by atoms with Crippen LogP contribution in [0.4, 0.5) is 0 Å². The van der Waals surface area contributed by atoms with Gasteiger partial charge in [-0.1, -0.05) is 78.9 Å². The highest BCUT2D eigenvalue weighted by molar-refractivity contribution is 5.99. The SMILES string of the molecule is COc1ccc(C(c2ccccc2)(c2ccc[nH]2)c2[nH]c3ccccc3c2-c2ccccc2)c(OC)c1. The van der Waals surface area contributed by atoms with Crippen LogP contribution in [0, 0.1) is 0 Å². The molecule has 2 N–H and O–H groups in total. The fraction of sp³-hybridized carbons (Fsp3) is 0.0909. The first kappa shape index (κ1) is 22.7. The van der Waals surface area contributed by atoms with Crippen molar-refractivity contribution < 1.29 is 9.47 Å². The number of para-hydroxylation sites is 1. The molecule has 6 aromatic rings. The zero-order valence-corrected chi connectivity index (χ0v) is 20.9. The molecule has 4 aromatic carbocycles. The summed E-state index contributed by atoms with van der Waals surface area (Å²) >= 11 is 0. The molecule has 37 heavy (non-hydrogen) atoms. The summed E-state index contributed by atoms with van der Waals surface area (Å²) in [5.74, 6) is 1.49. The maximum absolute atomic E-state index is 6.05. The molecular weight excluding hydrogens is 456 g/mol. The fourth-order valence-corrected chi connectivity index (χ4v) is 5.56. The van der Waals surface area contributed by atoms with Crippen LogP contribution in [0.5, 0.6) is 11.5 Å². The van der Waals surface area contributed by atoms with Crippen molar-refractivity contribution in [3.05, 3.63) is 144 Å². The molecule has 4 nitrogen and oxygen atoms in total. The summed E-state index contributed by atoms with van der Waals surface area (Å²) < 4.78 is 11.6. The molecule has 6 rings (SSSR count). The van der Waals surface area contributed by atoms with Crippen LogP contribution < -0.4 is 9.47 Å². The highest BCUT2D eigenvalue weighted by Gasteiger charge is 2.45. The van der Waals surface area contributed by atoms with E-state index in [0.29, 0.717) is 0 Å². The van der Waals surface area contributed by atoms with Gasteiger partial charge >= 0.3 is 0 Å². The van der Waals surface area contributed by atoms with E-state index < -0.39 is 5.41 Å². The van der Waals surface area contributed by atoms with E-state index in [1.165, 1.54) is 5.39 Å². The van der Waals surface area contributed by atoms with Crippen molar-refractivity contribution in [1.82, 2.24) is 9.97 Å². The summed E-state index contributed by atoms with van der Waals surface area (Å²) in [5.41, 5.74) is 6.87. The first-order valence-corrected chi connectivity index (χ1v) is 12.4. The second-order valence-electron chi connectivity index (χ2n) is 9.05. The third kappa shape index (κ3) is 3.61. The molecule has 182 valence electrons. The minimum absolute atomic E-state index is 0.743. The molecule has 2 aromatic heterocycles. The van der Waals surface area contributed by atoms with Gasteiger partial charge in [0.25, 0.3) is 0 Å². The van der Waals surface area contributed by atoms with Crippen LogP contribution in [0.25, 0.3) is 22.0 Å². The second kappa shape index (κ2) is 9.40. The lowest BCUT2D eigenvalue weighted by atomic mass is 9.67. The number of aromatic amines is 2. The third-order valence-corrected chi connectivity index (χ3v) is 7.16. The average molecular weight is 485 g/mol. The van der Waals surface area contributed by atoms with Crippen LogP contribution in [-0.4, -0.2) is 24.2 Å². The van der Waals surface area contributed by atoms with Gasteiger partial charge in [-0.3, -0.25) is 0 Å². The molecule has 0 aliphatic carbocycles. The zero-order valence-electron chi connectivity index (χ0n) is 20.9. The van der Waals surface area contributed by atoms with Gasteiger partial charge in [-0.2, -0.15) is 0 Å². The van der Waals surface area contributed by atoms with Crippen LogP contribution in [0.3, 0.4) is 0 Å². The number of hydrogen-bond donors (Lipinski definition) is 2. The lowest BCUT2D eigenvalue weighted by Crippen LogP contribution is -2.33.